The van der Waals surface area contributed by atoms with Crippen molar-refractivity contribution in [1.29, 1.82) is 0 Å². The van der Waals surface area contributed by atoms with E-state index in [1.165, 1.54) is 23.9 Å². The van der Waals surface area contributed by atoms with Crippen molar-refractivity contribution in [2.45, 2.75) is 41.5 Å². The number of aliphatic carboxylic acids is 1. The molecule has 0 bridgehead atoms. The third-order valence-corrected chi connectivity index (χ3v) is 5.70. The summed E-state index contributed by atoms with van der Waals surface area (Å²) in [5.41, 5.74) is -0.681. The SMILES string of the molecule is CC(C(=O)O)N1CC[C@@H](Oc2ccccc2Sc2ccc(C(F)(F)F)cc2)C1. The minimum absolute atomic E-state index is 0.129. The number of carboxylic acids is 1. The summed E-state index contributed by atoms with van der Waals surface area (Å²) in [7, 11) is 0. The second-order valence-electron chi connectivity index (χ2n) is 6.61. The number of hydrogen-bond donors (Lipinski definition) is 1. The Morgan fingerprint density at radius 2 is 1.89 bits per heavy atom. The van der Waals surface area contributed by atoms with Crippen molar-refractivity contribution in [3.8, 4) is 5.75 Å². The molecule has 2 aromatic carbocycles. The first-order valence-electron chi connectivity index (χ1n) is 8.81. The van der Waals surface area contributed by atoms with Crippen LogP contribution in [-0.4, -0.2) is 41.2 Å². The van der Waals surface area contributed by atoms with E-state index in [1.807, 2.05) is 29.2 Å². The van der Waals surface area contributed by atoms with Gasteiger partial charge in [-0.2, -0.15) is 13.2 Å². The van der Waals surface area contributed by atoms with Crippen LogP contribution in [0, 0.1) is 0 Å². The molecule has 28 heavy (non-hydrogen) atoms. The van der Waals surface area contributed by atoms with Gasteiger partial charge in [-0.15, -0.1) is 0 Å². The van der Waals surface area contributed by atoms with E-state index < -0.39 is 23.8 Å². The molecule has 1 aliphatic heterocycles. The highest BCUT2D eigenvalue weighted by atomic mass is 32.2. The predicted molar refractivity (Wildman–Crippen MR) is 99.7 cm³/mol. The standard InChI is InChI=1S/C20H20F3NO3S/c1-13(19(25)26)24-11-10-15(12-24)27-17-4-2-3-5-18(17)28-16-8-6-14(7-9-16)20(21,22)23/h2-9,13,15H,10-12H2,1H3,(H,25,26)/t13?,15-/m1/s1. The number of hydrogen-bond acceptors (Lipinski definition) is 4. The van der Waals surface area contributed by atoms with Crippen molar-refractivity contribution in [3.63, 3.8) is 0 Å². The first-order chi connectivity index (χ1) is 13.2. The van der Waals surface area contributed by atoms with Crippen LogP contribution in [0.4, 0.5) is 13.2 Å². The molecule has 1 fully saturated rings. The average molecular weight is 411 g/mol. The topological polar surface area (TPSA) is 49.8 Å². The molecule has 4 nitrogen and oxygen atoms in total. The third-order valence-electron chi connectivity index (χ3n) is 4.63. The molecule has 1 saturated heterocycles. The number of rotatable bonds is 6. The lowest BCUT2D eigenvalue weighted by Gasteiger charge is -2.21. The first-order valence-corrected chi connectivity index (χ1v) is 9.63. The van der Waals surface area contributed by atoms with E-state index in [0.29, 0.717) is 23.7 Å². The number of nitrogens with zero attached hydrogens (tertiary/aromatic N) is 1. The summed E-state index contributed by atoms with van der Waals surface area (Å²) in [6, 6.07) is 11.8. The van der Waals surface area contributed by atoms with Crippen molar-refractivity contribution >= 4 is 17.7 Å². The Balaban J connectivity index is 1.68. The van der Waals surface area contributed by atoms with Crippen LogP contribution in [0.1, 0.15) is 18.9 Å². The molecule has 2 aromatic rings. The molecule has 1 heterocycles. The molecule has 0 radical (unpaired) electrons. The lowest BCUT2D eigenvalue weighted by molar-refractivity contribution is -0.142. The minimum atomic E-state index is -4.36. The van der Waals surface area contributed by atoms with Crippen LogP contribution in [0.2, 0.25) is 0 Å². The number of halogens is 3. The molecule has 1 N–H and O–H groups in total. The zero-order valence-corrected chi connectivity index (χ0v) is 16.0. The maximum Gasteiger partial charge on any atom is 0.416 e. The fourth-order valence-corrected chi connectivity index (χ4v) is 3.90. The van der Waals surface area contributed by atoms with Crippen LogP contribution < -0.4 is 4.74 Å². The second kappa shape index (κ2) is 8.45. The van der Waals surface area contributed by atoms with Crippen molar-refractivity contribution in [2.24, 2.45) is 0 Å². The van der Waals surface area contributed by atoms with Crippen molar-refractivity contribution in [2.75, 3.05) is 13.1 Å². The Labute approximate surface area is 165 Å². The molecular formula is C20H20F3NO3S. The Morgan fingerprint density at radius 3 is 2.54 bits per heavy atom. The summed E-state index contributed by atoms with van der Waals surface area (Å²) in [4.78, 5) is 14.5. The monoisotopic (exact) mass is 411 g/mol. The number of likely N-dealkylation sites (tertiary alicyclic amines) is 1. The Morgan fingerprint density at radius 1 is 1.21 bits per heavy atom. The summed E-state index contributed by atoms with van der Waals surface area (Å²) in [5, 5.41) is 9.14. The smallest absolute Gasteiger partial charge is 0.416 e. The van der Waals surface area contributed by atoms with Gasteiger partial charge in [0.1, 0.15) is 17.9 Å². The predicted octanol–water partition coefficient (Wildman–Crippen LogP) is 4.78. The normalized spacial score (nSPS) is 18.8. The van der Waals surface area contributed by atoms with E-state index in [0.717, 1.165) is 23.4 Å². The molecule has 0 amide bonds. The molecule has 2 atom stereocenters. The Kier molecular flexibility index (Phi) is 6.20. The molecule has 1 aliphatic rings. The fourth-order valence-electron chi connectivity index (χ4n) is 3.01. The maximum atomic E-state index is 12.7. The number of carboxylic acid groups (broad SMARTS) is 1. The summed E-state index contributed by atoms with van der Waals surface area (Å²) in [6.07, 6.45) is -3.76. The highest BCUT2D eigenvalue weighted by molar-refractivity contribution is 7.99. The van der Waals surface area contributed by atoms with Crippen molar-refractivity contribution in [1.82, 2.24) is 4.90 Å². The zero-order chi connectivity index (χ0) is 20.3. The molecule has 0 saturated carbocycles. The molecule has 1 unspecified atom stereocenters. The number of alkyl halides is 3. The molecule has 8 heteroatoms. The summed E-state index contributed by atoms with van der Waals surface area (Å²) < 4.78 is 44.2. The maximum absolute atomic E-state index is 12.7. The Bertz CT molecular complexity index is 826. The average Bonchev–Trinajstić information content (AvgIpc) is 3.11. The molecule has 0 aromatic heterocycles. The lowest BCUT2D eigenvalue weighted by atomic mass is 10.2. The van der Waals surface area contributed by atoms with E-state index in [1.54, 1.807) is 6.92 Å². The van der Waals surface area contributed by atoms with Gasteiger partial charge in [0.05, 0.1) is 10.5 Å². The largest absolute Gasteiger partial charge is 0.488 e. The van der Waals surface area contributed by atoms with Crippen molar-refractivity contribution in [3.05, 3.63) is 54.1 Å². The molecule has 0 spiro atoms. The minimum Gasteiger partial charge on any atom is -0.488 e. The molecule has 0 aliphatic carbocycles. The van der Waals surface area contributed by atoms with E-state index in [-0.39, 0.29) is 6.10 Å². The summed E-state index contributed by atoms with van der Waals surface area (Å²) in [6.45, 7) is 2.82. The number of carbonyl (C=O) groups is 1. The van der Waals surface area contributed by atoms with Gasteiger partial charge in [-0.3, -0.25) is 9.69 Å². The van der Waals surface area contributed by atoms with Gasteiger partial charge in [-0.1, -0.05) is 23.9 Å². The number of para-hydroxylation sites is 1. The van der Waals surface area contributed by atoms with E-state index in [2.05, 4.69) is 0 Å². The fraction of sp³-hybridized carbons (Fsp3) is 0.350. The van der Waals surface area contributed by atoms with E-state index in [9.17, 15) is 18.0 Å². The first kappa shape index (κ1) is 20.5. The quantitative estimate of drug-likeness (QED) is 0.741. The summed E-state index contributed by atoms with van der Waals surface area (Å²) >= 11 is 1.33. The van der Waals surface area contributed by atoms with Crippen molar-refractivity contribution < 1.29 is 27.8 Å². The zero-order valence-electron chi connectivity index (χ0n) is 15.1. The third kappa shape index (κ3) is 4.99. The van der Waals surface area contributed by atoms with Crippen LogP contribution in [0.5, 0.6) is 5.75 Å². The van der Waals surface area contributed by atoms with Crippen LogP contribution >= 0.6 is 11.8 Å². The highest BCUT2D eigenvalue weighted by Crippen LogP contribution is 2.37. The van der Waals surface area contributed by atoms with Crippen LogP contribution in [0.25, 0.3) is 0 Å². The van der Waals surface area contributed by atoms with Crippen LogP contribution in [0.3, 0.4) is 0 Å². The Hall–Kier alpha value is -2.19. The number of benzene rings is 2. The lowest BCUT2D eigenvalue weighted by Crippen LogP contribution is -2.38. The van der Waals surface area contributed by atoms with Gasteiger partial charge in [0, 0.05) is 18.0 Å². The van der Waals surface area contributed by atoms with Gasteiger partial charge >= 0.3 is 12.1 Å². The highest BCUT2D eigenvalue weighted by Gasteiger charge is 2.31. The van der Waals surface area contributed by atoms with E-state index in [4.69, 9.17) is 9.84 Å². The van der Waals surface area contributed by atoms with Gasteiger partial charge in [0.2, 0.25) is 0 Å². The van der Waals surface area contributed by atoms with Gasteiger partial charge in [-0.05, 0) is 49.7 Å². The molecule has 150 valence electrons. The second-order valence-corrected chi connectivity index (χ2v) is 7.72. The van der Waals surface area contributed by atoms with Gasteiger partial charge in [0.25, 0.3) is 0 Å². The molecule has 3 rings (SSSR count). The van der Waals surface area contributed by atoms with Crippen LogP contribution in [-0.2, 0) is 11.0 Å². The van der Waals surface area contributed by atoms with Gasteiger partial charge < -0.3 is 9.84 Å². The van der Waals surface area contributed by atoms with Crippen LogP contribution in [0.15, 0.2) is 58.3 Å². The summed E-state index contributed by atoms with van der Waals surface area (Å²) in [5.74, 6) is -0.221. The van der Waals surface area contributed by atoms with Gasteiger partial charge in [-0.25, -0.2) is 0 Å². The number of ether oxygens (including phenoxy) is 1. The molecular weight excluding hydrogens is 391 g/mol. The van der Waals surface area contributed by atoms with E-state index >= 15 is 0 Å². The van der Waals surface area contributed by atoms with Gasteiger partial charge in [0.15, 0.2) is 0 Å².